The molecule has 0 spiro atoms. The minimum absolute atomic E-state index is 0.483. The highest BCUT2D eigenvalue weighted by atomic mass is 16.5. The van der Waals surface area contributed by atoms with E-state index >= 15 is 0 Å². The monoisotopic (exact) mass is 177 g/mol. The molecule has 2 rings (SSSR count). The molecule has 1 heterocycles. The molecule has 1 atom stereocenters. The molecule has 1 unspecified atom stereocenters. The number of methoxy groups -OCH3 is 1. The Hall–Kier alpha value is -1.34. The lowest BCUT2D eigenvalue weighted by Crippen LogP contribution is -2.06. The van der Waals surface area contributed by atoms with Crippen molar-refractivity contribution in [3.63, 3.8) is 0 Å². The number of hydrogen-bond acceptors (Lipinski definition) is 3. The molecule has 0 N–H and O–H groups in total. The number of nitriles is 1. The van der Waals surface area contributed by atoms with Gasteiger partial charge in [-0.25, -0.2) is 4.98 Å². The zero-order valence-corrected chi connectivity index (χ0v) is 7.47. The standard InChI is InChI=1S/C9H11N3O/c1-13-9(4-10)8-5-11-6-12(8)7-2-3-7/h5-7,9H,2-3H2,1H3. The van der Waals surface area contributed by atoms with Crippen molar-refractivity contribution >= 4 is 0 Å². The van der Waals surface area contributed by atoms with Gasteiger partial charge in [0, 0.05) is 13.2 Å². The number of aromatic nitrogens is 2. The van der Waals surface area contributed by atoms with Crippen molar-refractivity contribution < 1.29 is 4.74 Å². The van der Waals surface area contributed by atoms with E-state index in [0.29, 0.717) is 6.04 Å². The second-order valence-electron chi connectivity index (χ2n) is 3.20. The van der Waals surface area contributed by atoms with Crippen LogP contribution in [-0.4, -0.2) is 16.7 Å². The van der Waals surface area contributed by atoms with Crippen LogP contribution in [0.15, 0.2) is 12.5 Å². The van der Waals surface area contributed by atoms with Gasteiger partial charge in [0.1, 0.15) is 6.07 Å². The molecule has 0 bridgehead atoms. The lowest BCUT2D eigenvalue weighted by Gasteiger charge is -2.09. The summed E-state index contributed by atoms with van der Waals surface area (Å²) in [7, 11) is 1.54. The van der Waals surface area contributed by atoms with Crippen LogP contribution >= 0.6 is 0 Å². The molecule has 1 saturated carbocycles. The highest BCUT2D eigenvalue weighted by molar-refractivity contribution is 5.13. The quantitative estimate of drug-likeness (QED) is 0.701. The average molecular weight is 177 g/mol. The molecule has 4 nitrogen and oxygen atoms in total. The van der Waals surface area contributed by atoms with Crippen LogP contribution in [0, 0.1) is 11.3 Å². The Morgan fingerprint density at radius 2 is 2.54 bits per heavy atom. The van der Waals surface area contributed by atoms with Gasteiger partial charge in [0.05, 0.1) is 18.2 Å². The molecule has 1 fully saturated rings. The lowest BCUT2D eigenvalue weighted by atomic mass is 10.3. The maximum atomic E-state index is 8.81. The molecule has 1 aromatic rings. The van der Waals surface area contributed by atoms with Gasteiger partial charge in [0.25, 0.3) is 0 Å². The molecule has 0 aromatic carbocycles. The molecule has 1 aliphatic carbocycles. The molecular weight excluding hydrogens is 166 g/mol. The Morgan fingerprint density at radius 3 is 3.08 bits per heavy atom. The Balaban J connectivity index is 2.28. The van der Waals surface area contributed by atoms with Gasteiger partial charge in [-0.15, -0.1) is 0 Å². The maximum absolute atomic E-state index is 8.81. The van der Waals surface area contributed by atoms with Crippen LogP contribution in [0.4, 0.5) is 0 Å². The minimum atomic E-state index is -0.483. The van der Waals surface area contributed by atoms with Crippen molar-refractivity contribution in [3.8, 4) is 6.07 Å². The molecule has 0 radical (unpaired) electrons. The Kier molecular flexibility index (Phi) is 2.03. The van der Waals surface area contributed by atoms with E-state index in [2.05, 4.69) is 11.1 Å². The summed E-state index contributed by atoms with van der Waals surface area (Å²) in [6.45, 7) is 0. The summed E-state index contributed by atoms with van der Waals surface area (Å²) in [5.41, 5.74) is 0.868. The Morgan fingerprint density at radius 1 is 1.77 bits per heavy atom. The predicted octanol–water partition coefficient (Wildman–Crippen LogP) is 1.43. The highest BCUT2D eigenvalue weighted by Gasteiger charge is 2.27. The Bertz CT molecular complexity index is 335. The first kappa shape index (κ1) is 8.27. The van der Waals surface area contributed by atoms with E-state index in [0.717, 1.165) is 5.69 Å². The minimum Gasteiger partial charge on any atom is -0.360 e. The first-order valence-corrected chi connectivity index (χ1v) is 4.31. The summed E-state index contributed by atoms with van der Waals surface area (Å²) in [5.74, 6) is 0. The van der Waals surface area contributed by atoms with Crippen molar-refractivity contribution in [2.45, 2.75) is 25.0 Å². The normalized spacial score (nSPS) is 18.2. The van der Waals surface area contributed by atoms with Gasteiger partial charge in [0.15, 0.2) is 6.10 Å². The molecule has 0 saturated heterocycles. The van der Waals surface area contributed by atoms with Gasteiger partial charge >= 0.3 is 0 Å². The summed E-state index contributed by atoms with van der Waals surface area (Å²) in [5, 5.41) is 8.81. The fraction of sp³-hybridized carbons (Fsp3) is 0.556. The van der Waals surface area contributed by atoms with E-state index in [-0.39, 0.29) is 0 Å². The van der Waals surface area contributed by atoms with Crippen LogP contribution in [0.2, 0.25) is 0 Å². The smallest absolute Gasteiger partial charge is 0.184 e. The summed E-state index contributed by atoms with van der Waals surface area (Å²) in [6, 6.07) is 2.64. The van der Waals surface area contributed by atoms with Crippen molar-refractivity contribution in [2.24, 2.45) is 0 Å². The first-order valence-electron chi connectivity index (χ1n) is 4.31. The van der Waals surface area contributed by atoms with Gasteiger partial charge in [-0.1, -0.05) is 0 Å². The molecular formula is C9H11N3O. The zero-order valence-electron chi connectivity index (χ0n) is 7.47. The third-order valence-electron chi connectivity index (χ3n) is 2.26. The molecule has 0 aliphatic heterocycles. The third kappa shape index (κ3) is 1.43. The summed E-state index contributed by atoms with van der Waals surface area (Å²) >= 11 is 0. The predicted molar refractivity (Wildman–Crippen MR) is 45.9 cm³/mol. The fourth-order valence-corrected chi connectivity index (χ4v) is 1.42. The van der Waals surface area contributed by atoms with Crippen LogP contribution in [0.25, 0.3) is 0 Å². The van der Waals surface area contributed by atoms with E-state index in [1.165, 1.54) is 20.0 Å². The summed E-state index contributed by atoms with van der Waals surface area (Å²) < 4.78 is 7.08. The van der Waals surface area contributed by atoms with Crippen LogP contribution < -0.4 is 0 Å². The lowest BCUT2D eigenvalue weighted by molar-refractivity contribution is 0.141. The maximum Gasteiger partial charge on any atom is 0.184 e. The number of ether oxygens (including phenoxy) is 1. The Labute approximate surface area is 76.8 Å². The largest absolute Gasteiger partial charge is 0.360 e. The number of hydrogen-bond donors (Lipinski definition) is 0. The van der Waals surface area contributed by atoms with Gasteiger partial charge in [-0.2, -0.15) is 5.26 Å². The van der Waals surface area contributed by atoms with Crippen LogP contribution in [0.5, 0.6) is 0 Å². The van der Waals surface area contributed by atoms with E-state index in [9.17, 15) is 0 Å². The van der Waals surface area contributed by atoms with Gasteiger partial charge < -0.3 is 9.30 Å². The molecule has 13 heavy (non-hydrogen) atoms. The van der Waals surface area contributed by atoms with Gasteiger partial charge in [-0.3, -0.25) is 0 Å². The van der Waals surface area contributed by atoms with Crippen molar-refractivity contribution in [1.82, 2.24) is 9.55 Å². The molecule has 68 valence electrons. The van der Waals surface area contributed by atoms with E-state index < -0.39 is 6.10 Å². The van der Waals surface area contributed by atoms with Crippen molar-refractivity contribution in [1.29, 1.82) is 5.26 Å². The summed E-state index contributed by atoms with van der Waals surface area (Å²) in [4.78, 5) is 4.03. The SMILES string of the molecule is COC(C#N)c1cncn1C1CC1. The second-order valence-corrected chi connectivity index (χ2v) is 3.20. The topological polar surface area (TPSA) is 50.8 Å². The van der Waals surface area contributed by atoms with Gasteiger partial charge in [-0.05, 0) is 12.8 Å². The molecule has 4 heteroatoms. The zero-order chi connectivity index (χ0) is 9.26. The van der Waals surface area contributed by atoms with Crippen molar-refractivity contribution in [3.05, 3.63) is 18.2 Å². The second kappa shape index (κ2) is 3.19. The third-order valence-corrected chi connectivity index (χ3v) is 2.26. The number of nitrogens with zero attached hydrogens (tertiary/aromatic N) is 3. The fourth-order valence-electron chi connectivity index (χ4n) is 1.42. The number of imidazole rings is 1. The first-order chi connectivity index (χ1) is 6.36. The average Bonchev–Trinajstić information content (AvgIpc) is 2.89. The van der Waals surface area contributed by atoms with Crippen molar-refractivity contribution in [2.75, 3.05) is 7.11 Å². The van der Waals surface area contributed by atoms with Gasteiger partial charge in [0.2, 0.25) is 0 Å². The van der Waals surface area contributed by atoms with E-state index in [1.54, 1.807) is 12.5 Å². The molecule has 0 amide bonds. The van der Waals surface area contributed by atoms with E-state index in [1.807, 2.05) is 4.57 Å². The van der Waals surface area contributed by atoms with Crippen LogP contribution in [0.1, 0.15) is 30.7 Å². The highest BCUT2D eigenvalue weighted by Crippen LogP contribution is 2.37. The molecule has 1 aliphatic rings. The number of rotatable bonds is 3. The van der Waals surface area contributed by atoms with Crippen LogP contribution in [-0.2, 0) is 4.74 Å². The van der Waals surface area contributed by atoms with E-state index in [4.69, 9.17) is 10.00 Å². The molecule has 1 aromatic heterocycles. The van der Waals surface area contributed by atoms with Crippen LogP contribution in [0.3, 0.4) is 0 Å². The summed E-state index contributed by atoms with van der Waals surface area (Å²) in [6.07, 6.45) is 5.37.